The van der Waals surface area contributed by atoms with Gasteiger partial charge >= 0.3 is 6.09 Å². The summed E-state index contributed by atoms with van der Waals surface area (Å²) in [7, 11) is 1.56. The van der Waals surface area contributed by atoms with Crippen LogP contribution in [0.3, 0.4) is 0 Å². The van der Waals surface area contributed by atoms with Crippen molar-refractivity contribution in [2.45, 2.75) is 63.3 Å². The van der Waals surface area contributed by atoms with Gasteiger partial charge in [0.05, 0.1) is 24.8 Å². The van der Waals surface area contributed by atoms with Gasteiger partial charge in [0.1, 0.15) is 17.5 Å². The van der Waals surface area contributed by atoms with Gasteiger partial charge in [-0.2, -0.15) is 0 Å². The van der Waals surface area contributed by atoms with Crippen LogP contribution in [0.1, 0.15) is 56.3 Å². The molecule has 2 heterocycles. The molecule has 0 spiro atoms. The number of ether oxygens (including phenoxy) is 3. The molecule has 1 fully saturated rings. The maximum Gasteiger partial charge on any atom is 0.408 e. The van der Waals surface area contributed by atoms with Gasteiger partial charge in [0.2, 0.25) is 0 Å². The highest BCUT2D eigenvalue weighted by Gasteiger charge is 2.43. The second-order valence-electron chi connectivity index (χ2n) is 10.6. The average Bonchev–Trinajstić information content (AvgIpc) is 2.83. The molecule has 0 bridgehead atoms. The second-order valence-corrected chi connectivity index (χ2v) is 10.6. The molecular formula is C28H35FN2O5. The van der Waals surface area contributed by atoms with Crippen LogP contribution in [0.25, 0.3) is 0 Å². The van der Waals surface area contributed by atoms with Crippen LogP contribution in [0, 0.1) is 5.82 Å². The molecule has 3 atom stereocenters. The molecule has 2 aromatic carbocycles. The molecule has 2 amide bonds. The number of hydrogen-bond donors (Lipinski definition) is 1. The Morgan fingerprint density at radius 2 is 1.89 bits per heavy atom. The average molecular weight is 499 g/mol. The molecule has 0 unspecified atom stereocenters. The maximum absolute atomic E-state index is 13.8. The molecule has 0 radical (unpaired) electrons. The van der Waals surface area contributed by atoms with E-state index in [4.69, 9.17) is 14.2 Å². The summed E-state index contributed by atoms with van der Waals surface area (Å²) in [5.41, 5.74) is 1.67. The van der Waals surface area contributed by atoms with E-state index in [1.807, 2.05) is 23.1 Å². The normalized spacial score (nSPS) is 24.1. The standard InChI is InChI=1S/C28H35FN2O5/c1-27(2,3)36-26(33)30-28(17-34-4)15-13-23(35-18-28)25(32)31-16-14-19-7-5-6-8-22(19)24(31)20-9-11-21(29)12-10-20/h5-12,23-24H,13-18H2,1-4H3,(H,30,33)/t23-,24+,28+/m1/s1. The van der Waals surface area contributed by atoms with E-state index in [1.54, 1.807) is 40.0 Å². The second kappa shape index (κ2) is 10.6. The molecule has 0 aromatic heterocycles. The summed E-state index contributed by atoms with van der Waals surface area (Å²) in [6, 6.07) is 14.1. The molecule has 194 valence electrons. The third-order valence-corrected chi connectivity index (χ3v) is 6.66. The molecule has 7 nitrogen and oxygen atoms in total. The van der Waals surface area contributed by atoms with E-state index in [9.17, 15) is 14.0 Å². The Balaban J connectivity index is 1.51. The number of carbonyl (C=O) groups excluding carboxylic acids is 2. The van der Waals surface area contributed by atoms with E-state index in [-0.39, 0.29) is 31.0 Å². The van der Waals surface area contributed by atoms with Crippen molar-refractivity contribution in [1.82, 2.24) is 10.2 Å². The summed E-state index contributed by atoms with van der Waals surface area (Å²) < 4.78 is 30.5. The first-order chi connectivity index (χ1) is 17.1. The minimum Gasteiger partial charge on any atom is -0.444 e. The number of carbonyl (C=O) groups is 2. The van der Waals surface area contributed by atoms with Crippen LogP contribution in [-0.4, -0.2) is 61.0 Å². The molecule has 1 N–H and O–H groups in total. The number of nitrogens with zero attached hydrogens (tertiary/aromatic N) is 1. The van der Waals surface area contributed by atoms with Crippen molar-refractivity contribution in [1.29, 1.82) is 0 Å². The zero-order valence-electron chi connectivity index (χ0n) is 21.4. The first kappa shape index (κ1) is 26.1. The molecule has 2 aliphatic rings. The Kier molecular flexibility index (Phi) is 7.66. The molecule has 2 aromatic rings. The third-order valence-electron chi connectivity index (χ3n) is 6.66. The van der Waals surface area contributed by atoms with Crippen molar-refractivity contribution in [2.24, 2.45) is 0 Å². The molecule has 4 rings (SSSR count). The van der Waals surface area contributed by atoms with Crippen LogP contribution < -0.4 is 5.32 Å². The largest absolute Gasteiger partial charge is 0.444 e. The zero-order valence-corrected chi connectivity index (χ0v) is 21.4. The van der Waals surface area contributed by atoms with Crippen LogP contribution >= 0.6 is 0 Å². The van der Waals surface area contributed by atoms with Gasteiger partial charge < -0.3 is 24.4 Å². The lowest BCUT2D eigenvalue weighted by Crippen LogP contribution is -2.60. The molecular weight excluding hydrogens is 463 g/mol. The fourth-order valence-electron chi connectivity index (χ4n) is 5.06. The van der Waals surface area contributed by atoms with Gasteiger partial charge in [0.25, 0.3) is 5.91 Å². The van der Waals surface area contributed by atoms with Gasteiger partial charge in [-0.15, -0.1) is 0 Å². The molecule has 1 saturated heterocycles. The number of methoxy groups -OCH3 is 1. The summed E-state index contributed by atoms with van der Waals surface area (Å²) >= 11 is 0. The summed E-state index contributed by atoms with van der Waals surface area (Å²) in [6.07, 6.45) is 0.467. The van der Waals surface area contributed by atoms with Crippen LogP contribution in [0.5, 0.6) is 0 Å². The number of alkyl carbamates (subject to hydrolysis) is 1. The van der Waals surface area contributed by atoms with Gasteiger partial charge in [-0.05, 0) is 68.9 Å². The lowest BCUT2D eigenvalue weighted by atomic mass is 9.86. The van der Waals surface area contributed by atoms with Gasteiger partial charge in [0, 0.05) is 13.7 Å². The van der Waals surface area contributed by atoms with E-state index >= 15 is 0 Å². The highest BCUT2D eigenvalue weighted by Crippen LogP contribution is 2.37. The Labute approximate surface area is 211 Å². The van der Waals surface area contributed by atoms with Crippen molar-refractivity contribution in [3.05, 3.63) is 71.0 Å². The first-order valence-corrected chi connectivity index (χ1v) is 12.4. The van der Waals surface area contributed by atoms with E-state index in [2.05, 4.69) is 11.4 Å². The van der Waals surface area contributed by atoms with Crippen LogP contribution in [0.4, 0.5) is 9.18 Å². The quantitative estimate of drug-likeness (QED) is 0.662. The fraction of sp³-hybridized carbons (Fsp3) is 0.500. The zero-order chi connectivity index (χ0) is 25.9. The van der Waals surface area contributed by atoms with Crippen LogP contribution in [0.2, 0.25) is 0 Å². The topological polar surface area (TPSA) is 77.1 Å². The molecule has 0 aliphatic carbocycles. The van der Waals surface area contributed by atoms with Gasteiger partial charge in [-0.1, -0.05) is 36.4 Å². The predicted molar refractivity (Wildman–Crippen MR) is 133 cm³/mol. The van der Waals surface area contributed by atoms with Gasteiger partial charge in [-0.25, -0.2) is 9.18 Å². The summed E-state index contributed by atoms with van der Waals surface area (Å²) in [5, 5.41) is 2.91. The lowest BCUT2D eigenvalue weighted by molar-refractivity contribution is -0.153. The minimum atomic E-state index is -0.779. The van der Waals surface area contributed by atoms with Crippen molar-refractivity contribution in [2.75, 3.05) is 26.9 Å². The Hall–Kier alpha value is -2.97. The number of rotatable bonds is 5. The number of fused-ring (bicyclic) bond motifs is 1. The monoisotopic (exact) mass is 498 g/mol. The van der Waals surface area contributed by atoms with Crippen molar-refractivity contribution >= 4 is 12.0 Å². The van der Waals surface area contributed by atoms with Crippen molar-refractivity contribution in [3.8, 4) is 0 Å². The lowest BCUT2D eigenvalue weighted by Gasteiger charge is -2.43. The molecule has 2 aliphatic heterocycles. The summed E-state index contributed by atoms with van der Waals surface area (Å²) in [6.45, 7) is 6.31. The smallest absolute Gasteiger partial charge is 0.408 e. The van der Waals surface area contributed by atoms with Crippen LogP contribution in [-0.2, 0) is 25.4 Å². The molecule has 8 heteroatoms. The number of hydrogen-bond acceptors (Lipinski definition) is 5. The Morgan fingerprint density at radius 3 is 2.53 bits per heavy atom. The van der Waals surface area contributed by atoms with E-state index in [0.717, 1.165) is 17.5 Å². The van der Waals surface area contributed by atoms with E-state index in [0.29, 0.717) is 19.4 Å². The molecule has 36 heavy (non-hydrogen) atoms. The number of halogens is 1. The minimum absolute atomic E-state index is 0.109. The fourth-order valence-corrected chi connectivity index (χ4v) is 5.06. The Bertz CT molecular complexity index is 1070. The van der Waals surface area contributed by atoms with E-state index < -0.39 is 23.3 Å². The van der Waals surface area contributed by atoms with Crippen molar-refractivity contribution in [3.63, 3.8) is 0 Å². The predicted octanol–water partition coefficient (Wildman–Crippen LogP) is 4.39. The highest BCUT2D eigenvalue weighted by molar-refractivity contribution is 5.82. The highest BCUT2D eigenvalue weighted by atomic mass is 19.1. The van der Waals surface area contributed by atoms with Gasteiger partial charge in [0.15, 0.2) is 0 Å². The van der Waals surface area contributed by atoms with E-state index in [1.165, 1.54) is 17.7 Å². The Morgan fingerprint density at radius 1 is 1.17 bits per heavy atom. The summed E-state index contributed by atoms with van der Waals surface area (Å²) in [4.78, 5) is 28.1. The SMILES string of the molecule is COC[C@@]1(NC(=O)OC(C)(C)C)CC[C@H](C(=O)N2CCc3ccccc3[C@@H]2c2ccc(F)cc2)OC1. The number of amides is 2. The summed E-state index contributed by atoms with van der Waals surface area (Å²) in [5.74, 6) is -0.426. The first-order valence-electron chi connectivity index (χ1n) is 12.4. The number of nitrogens with one attached hydrogen (secondary N) is 1. The number of benzene rings is 2. The third kappa shape index (κ3) is 5.87. The van der Waals surface area contributed by atoms with Crippen molar-refractivity contribution < 1.29 is 28.2 Å². The van der Waals surface area contributed by atoms with Crippen LogP contribution in [0.15, 0.2) is 48.5 Å². The molecule has 0 saturated carbocycles. The maximum atomic E-state index is 13.8. The van der Waals surface area contributed by atoms with Gasteiger partial charge in [-0.3, -0.25) is 4.79 Å².